The van der Waals surface area contributed by atoms with Crippen molar-refractivity contribution >= 4 is 31.6 Å². The fourth-order valence-electron chi connectivity index (χ4n) is 7.01. The van der Waals surface area contributed by atoms with E-state index >= 15 is 0 Å². The van der Waals surface area contributed by atoms with Crippen LogP contribution in [0.15, 0.2) is 188 Å². The van der Waals surface area contributed by atoms with Crippen LogP contribution < -0.4 is 0 Å². The highest BCUT2D eigenvalue weighted by Crippen LogP contribution is 2.41. The van der Waals surface area contributed by atoms with Crippen LogP contribution >= 0.6 is 11.3 Å². The van der Waals surface area contributed by atoms with Gasteiger partial charge in [0.05, 0.1) is 15.9 Å². The van der Waals surface area contributed by atoms with E-state index in [1.807, 2.05) is 72.8 Å². The van der Waals surface area contributed by atoms with Crippen molar-refractivity contribution in [3.05, 3.63) is 188 Å². The van der Waals surface area contributed by atoms with Gasteiger partial charge in [0.25, 0.3) is 0 Å². The van der Waals surface area contributed by atoms with Gasteiger partial charge in [0.15, 0.2) is 23.3 Å². The minimum absolute atomic E-state index is 0.597. The van der Waals surface area contributed by atoms with Crippen LogP contribution in [0.2, 0.25) is 0 Å². The SMILES string of the molecule is c1ccc(-c2cc(-c3ccccc3)cc(-c3nc(-c4cccc(-c5nc(-c6ccccc6)nc(-c6ccccc6)n5)c4)c4sc5ccccc5c4n3)c2)cc1. The van der Waals surface area contributed by atoms with Gasteiger partial charge in [-0.1, -0.05) is 158 Å². The smallest absolute Gasteiger partial charge is 0.164 e. The second kappa shape index (κ2) is 14.0. The molecule has 0 amide bonds. The molecule has 0 aliphatic heterocycles. The predicted molar refractivity (Wildman–Crippen MR) is 226 cm³/mol. The Bertz CT molecular complexity index is 2850. The molecule has 3 aromatic heterocycles. The molecule has 0 unspecified atom stereocenters. The zero-order valence-corrected chi connectivity index (χ0v) is 30.4. The first-order valence-corrected chi connectivity index (χ1v) is 19.0. The number of hydrogen-bond donors (Lipinski definition) is 0. The molecule has 6 heteroatoms. The molecule has 0 saturated heterocycles. The van der Waals surface area contributed by atoms with Crippen molar-refractivity contribution in [3.63, 3.8) is 0 Å². The van der Waals surface area contributed by atoms with Crippen LogP contribution in [0.1, 0.15) is 0 Å². The van der Waals surface area contributed by atoms with E-state index in [2.05, 4.69) is 115 Å². The minimum Gasteiger partial charge on any atom is -0.226 e. The van der Waals surface area contributed by atoms with Gasteiger partial charge >= 0.3 is 0 Å². The molecule has 0 spiro atoms. The Labute approximate surface area is 322 Å². The van der Waals surface area contributed by atoms with Crippen LogP contribution in [0.5, 0.6) is 0 Å². The first kappa shape index (κ1) is 32.5. The summed E-state index contributed by atoms with van der Waals surface area (Å²) in [4.78, 5) is 25.7. The van der Waals surface area contributed by atoms with Crippen molar-refractivity contribution < 1.29 is 0 Å². The Hall–Kier alpha value is -7.15. The van der Waals surface area contributed by atoms with Gasteiger partial charge < -0.3 is 0 Å². The molecular formula is C49H31N5S. The second-order valence-corrected chi connectivity index (χ2v) is 14.4. The monoisotopic (exact) mass is 721 g/mol. The topological polar surface area (TPSA) is 64.5 Å². The number of rotatable bonds is 7. The van der Waals surface area contributed by atoms with Crippen molar-refractivity contribution in [3.8, 4) is 79.1 Å². The van der Waals surface area contributed by atoms with Crippen molar-refractivity contribution in [2.45, 2.75) is 0 Å². The molecule has 0 fully saturated rings. The van der Waals surface area contributed by atoms with E-state index in [1.165, 1.54) is 4.70 Å². The molecule has 0 radical (unpaired) electrons. The molecule has 0 bridgehead atoms. The average molecular weight is 722 g/mol. The lowest BCUT2D eigenvalue weighted by Crippen LogP contribution is -2.00. The van der Waals surface area contributed by atoms with Crippen LogP contribution in [-0.4, -0.2) is 24.9 Å². The molecule has 0 aliphatic carbocycles. The van der Waals surface area contributed by atoms with Crippen molar-refractivity contribution in [2.24, 2.45) is 0 Å². The number of nitrogens with zero attached hydrogens (tertiary/aromatic N) is 5. The Morgan fingerprint density at radius 2 is 0.709 bits per heavy atom. The normalized spacial score (nSPS) is 11.3. The third kappa shape index (κ3) is 6.35. The molecule has 10 rings (SSSR count). The summed E-state index contributed by atoms with van der Waals surface area (Å²) in [5.41, 5.74) is 11.0. The number of thiophene rings is 1. The summed E-state index contributed by atoms with van der Waals surface area (Å²) in [6, 6.07) is 64.6. The lowest BCUT2D eigenvalue weighted by molar-refractivity contribution is 1.07. The molecular weight excluding hydrogens is 691 g/mol. The summed E-state index contributed by atoms with van der Waals surface area (Å²) in [6.45, 7) is 0. The van der Waals surface area contributed by atoms with E-state index in [0.717, 1.165) is 71.4 Å². The van der Waals surface area contributed by atoms with Gasteiger partial charge in [0, 0.05) is 37.9 Å². The Kier molecular flexibility index (Phi) is 8.28. The highest BCUT2D eigenvalue weighted by atomic mass is 32.1. The van der Waals surface area contributed by atoms with Crippen molar-refractivity contribution in [2.75, 3.05) is 0 Å². The Morgan fingerprint density at radius 1 is 0.291 bits per heavy atom. The quantitative estimate of drug-likeness (QED) is 0.164. The first-order chi connectivity index (χ1) is 27.2. The highest BCUT2D eigenvalue weighted by molar-refractivity contribution is 7.26. The molecule has 5 nitrogen and oxygen atoms in total. The number of fused-ring (bicyclic) bond motifs is 3. The summed E-state index contributed by atoms with van der Waals surface area (Å²) >= 11 is 1.72. The third-order valence-corrected chi connectivity index (χ3v) is 10.9. The van der Waals surface area contributed by atoms with Gasteiger partial charge in [-0.2, -0.15) is 0 Å². The van der Waals surface area contributed by atoms with Crippen LogP contribution in [0, 0.1) is 0 Å². The molecule has 0 saturated carbocycles. The molecule has 10 aromatic rings. The van der Waals surface area contributed by atoms with Gasteiger partial charge in [-0.05, 0) is 52.6 Å². The molecule has 3 heterocycles. The number of hydrogen-bond acceptors (Lipinski definition) is 6. The van der Waals surface area contributed by atoms with E-state index in [9.17, 15) is 0 Å². The van der Waals surface area contributed by atoms with E-state index < -0.39 is 0 Å². The lowest BCUT2D eigenvalue weighted by atomic mass is 9.95. The van der Waals surface area contributed by atoms with E-state index in [0.29, 0.717) is 23.3 Å². The molecule has 0 atom stereocenters. The first-order valence-electron chi connectivity index (χ1n) is 18.2. The molecule has 7 aromatic carbocycles. The average Bonchev–Trinajstić information content (AvgIpc) is 3.66. The van der Waals surface area contributed by atoms with Gasteiger partial charge in [-0.15, -0.1) is 11.3 Å². The van der Waals surface area contributed by atoms with Gasteiger partial charge in [0.2, 0.25) is 0 Å². The van der Waals surface area contributed by atoms with Crippen LogP contribution in [0.25, 0.3) is 99.4 Å². The fraction of sp³-hybridized carbons (Fsp3) is 0. The summed E-state index contributed by atoms with van der Waals surface area (Å²) in [5, 5.41) is 1.11. The molecule has 55 heavy (non-hydrogen) atoms. The van der Waals surface area contributed by atoms with Gasteiger partial charge in [-0.25, -0.2) is 24.9 Å². The summed E-state index contributed by atoms with van der Waals surface area (Å²) in [7, 11) is 0. The second-order valence-electron chi connectivity index (χ2n) is 13.3. The minimum atomic E-state index is 0.597. The maximum atomic E-state index is 5.42. The Morgan fingerprint density at radius 3 is 1.29 bits per heavy atom. The van der Waals surface area contributed by atoms with Crippen LogP contribution in [-0.2, 0) is 0 Å². The number of aromatic nitrogens is 5. The highest BCUT2D eigenvalue weighted by Gasteiger charge is 2.19. The zero-order chi connectivity index (χ0) is 36.6. The maximum Gasteiger partial charge on any atom is 0.164 e. The summed E-state index contributed by atoms with van der Waals surface area (Å²) < 4.78 is 2.21. The zero-order valence-electron chi connectivity index (χ0n) is 29.5. The largest absolute Gasteiger partial charge is 0.226 e. The van der Waals surface area contributed by atoms with Gasteiger partial charge in [0.1, 0.15) is 0 Å². The summed E-state index contributed by atoms with van der Waals surface area (Å²) in [6.07, 6.45) is 0. The standard InChI is InChI=1S/C49H31N5S/c1-5-16-32(17-6-1)38-29-39(33-18-7-2-8-19-33)31-40(30-38)49-50-43(45-44(51-49)41-26-13-14-27-42(41)55-45)36-24-15-25-37(28-36)48-53-46(34-20-9-3-10-21-34)52-47(54-48)35-22-11-4-12-23-35/h1-31H. The maximum absolute atomic E-state index is 5.42. The molecule has 0 N–H and O–H groups in total. The number of benzene rings is 7. The predicted octanol–water partition coefficient (Wildman–Crippen LogP) is 12.7. The van der Waals surface area contributed by atoms with Gasteiger partial charge in [-0.3, -0.25) is 0 Å². The Balaban J connectivity index is 1.18. The van der Waals surface area contributed by atoms with Crippen LogP contribution in [0.4, 0.5) is 0 Å². The van der Waals surface area contributed by atoms with E-state index in [4.69, 9.17) is 24.9 Å². The molecule has 0 aliphatic rings. The van der Waals surface area contributed by atoms with Crippen LogP contribution in [0.3, 0.4) is 0 Å². The summed E-state index contributed by atoms with van der Waals surface area (Å²) in [5.74, 6) is 2.51. The van der Waals surface area contributed by atoms with E-state index in [-0.39, 0.29) is 0 Å². The molecule has 258 valence electrons. The van der Waals surface area contributed by atoms with E-state index in [1.54, 1.807) is 11.3 Å². The lowest BCUT2D eigenvalue weighted by Gasteiger charge is -2.13. The van der Waals surface area contributed by atoms with Crippen molar-refractivity contribution in [1.82, 2.24) is 24.9 Å². The third-order valence-electron chi connectivity index (χ3n) is 9.72. The van der Waals surface area contributed by atoms with Crippen molar-refractivity contribution in [1.29, 1.82) is 0 Å². The fourth-order valence-corrected chi connectivity index (χ4v) is 8.16.